The first-order chi connectivity index (χ1) is 12.6. The molecule has 0 N–H and O–H groups in total. The highest BCUT2D eigenvalue weighted by atomic mass is 79.9. The van der Waals surface area contributed by atoms with Gasteiger partial charge >= 0.3 is 5.97 Å². The Balaban J connectivity index is 1.72. The van der Waals surface area contributed by atoms with Crippen molar-refractivity contribution in [3.8, 4) is 22.9 Å². The predicted octanol–water partition coefficient (Wildman–Crippen LogP) is 3.87. The van der Waals surface area contributed by atoms with E-state index in [0.717, 1.165) is 10.0 Å². The molecule has 3 rings (SSSR count). The lowest BCUT2D eigenvalue weighted by atomic mass is 10.2. The van der Waals surface area contributed by atoms with Gasteiger partial charge in [-0.3, -0.25) is 0 Å². The molecule has 7 nitrogen and oxygen atoms in total. The topological polar surface area (TPSA) is 83.7 Å². The molecule has 0 bridgehead atoms. The number of carbonyl (C=O) groups excluding carboxylic acids is 1. The van der Waals surface area contributed by atoms with Crippen molar-refractivity contribution >= 4 is 21.9 Å². The zero-order valence-electron chi connectivity index (χ0n) is 14.1. The normalized spacial score (nSPS) is 10.4. The second-order valence-electron chi connectivity index (χ2n) is 5.17. The molecular formula is C18H15BrN2O5. The van der Waals surface area contributed by atoms with E-state index >= 15 is 0 Å². The van der Waals surface area contributed by atoms with Crippen LogP contribution in [0.5, 0.6) is 11.5 Å². The molecule has 0 aliphatic rings. The van der Waals surface area contributed by atoms with Gasteiger partial charge in [-0.25, -0.2) is 4.79 Å². The molecule has 0 radical (unpaired) electrons. The van der Waals surface area contributed by atoms with Crippen LogP contribution in [0.1, 0.15) is 16.2 Å². The Bertz CT molecular complexity index is 925. The fourth-order valence-electron chi connectivity index (χ4n) is 2.23. The van der Waals surface area contributed by atoms with Gasteiger partial charge in [0.1, 0.15) is 0 Å². The monoisotopic (exact) mass is 418 g/mol. The van der Waals surface area contributed by atoms with Gasteiger partial charge in [-0.2, -0.15) is 4.98 Å². The van der Waals surface area contributed by atoms with Gasteiger partial charge in [-0.15, -0.1) is 0 Å². The van der Waals surface area contributed by atoms with Crippen LogP contribution >= 0.6 is 15.9 Å². The predicted molar refractivity (Wildman–Crippen MR) is 96.1 cm³/mol. The summed E-state index contributed by atoms with van der Waals surface area (Å²) in [6.45, 7) is 0.0644. The minimum atomic E-state index is -0.453. The molecule has 0 unspecified atom stereocenters. The summed E-state index contributed by atoms with van der Waals surface area (Å²) in [4.78, 5) is 15.9. The van der Waals surface area contributed by atoms with Crippen molar-refractivity contribution in [1.29, 1.82) is 0 Å². The van der Waals surface area contributed by atoms with E-state index < -0.39 is 5.97 Å². The lowest BCUT2D eigenvalue weighted by molar-refractivity contribution is 0.0600. The van der Waals surface area contributed by atoms with E-state index in [1.807, 2.05) is 24.3 Å². The van der Waals surface area contributed by atoms with Crippen LogP contribution < -0.4 is 9.47 Å². The van der Waals surface area contributed by atoms with Crippen molar-refractivity contribution in [3.63, 3.8) is 0 Å². The van der Waals surface area contributed by atoms with Gasteiger partial charge < -0.3 is 18.7 Å². The summed E-state index contributed by atoms with van der Waals surface area (Å²) in [5, 5.41) is 3.95. The van der Waals surface area contributed by atoms with Crippen molar-refractivity contribution in [1.82, 2.24) is 10.1 Å². The van der Waals surface area contributed by atoms with Crippen molar-refractivity contribution in [2.24, 2.45) is 0 Å². The Hall–Kier alpha value is -2.87. The molecule has 2 aromatic carbocycles. The average molecular weight is 419 g/mol. The number of rotatable bonds is 6. The van der Waals surface area contributed by atoms with Gasteiger partial charge in [0, 0.05) is 10.0 Å². The third-order valence-corrected chi connectivity index (χ3v) is 3.98. The lowest BCUT2D eigenvalue weighted by Crippen LogP contribution is -2.03. The molecule has 0 saturated carbocycles. The maximum Gasteiger partial charge on any atom is 0.337 e. The number of carbonyl (C=O) groups is 1. The van der Waals surface area contributed by atoms with E-state index in [-0.39, 0.29) is 6.61 Å². The summed E-state index contributed by atoms with van der Waals surface area (Å²) in [6, 6.07) is 12.3. The Morgan fingerprint density at radius 3 is 2.73 bits per heavy atom. The third-order valence-electron chi connectivity index (χ3n) is 3.49. The third kappa shape index (κ3) is 4.02. The standard InChI is InChI=1S/C18H15BrN2O5/c1-23-15-9-12(18(22)24-2)6-7-14(15)25-10-16-20-17(21-26-16)11-4-3-5-13(19)8-11/h3-9H,10H2,1-2H3. The fraction of sp³-hybridized carbons (Fsp3) is 0.167. The maximum atomic E-state index is 11.6. The van der Waals surface area contributed by atoms with Crippen LogP contribution in [-0.2, 0) is 11.3 Å². The van der Waals surface area contributed by atoms with E-state index in [2.05, 4.69) is 30.8 Å². The Morgan fingerprint density at radius 1 is 1.15 bits per heavy atom. The summed E-state index contributed by atoms with van der Waals surface area (Å²) < 4.78 is 21.8. The zero-order chi connectivity index (χ0) is 18.5. The highest BCUT2D eigenvalue weighted by molar-refractivity contribution is 9.10. The van der Waals surface area contributed by atoms with Crippen LogP contribution in [0.4, 0.5) is 0 Å². The number of ether oxygens (including phenoxy) is 3. The van der Waals surface area contributed by atoms with Gasteiger partial charge in [0.25, 0.3) is 5.89 Å². The Morgan fingerprint density at radius 2 is 2.00 bits per heavy atom. The van der Waals surface area contributed by atoms with Gasteiger partial charge in [-0.05, 0) is 30.3 Å². The van der Waals surface area contributed by atoms with Crippen molar-refractivity contribution in [2.75, 3.05) is 14.2 Å². The van der Waals surface area contributed by atoms with E-state index in [9.17, 15) is 4.79 Å². The molecule has 26 heavy (non-hydrogen) atoms. The van der Waals surface area contributed by atoms with Gasteiger partial charge in [0.15, 0.2) is 18.1 Å². The molecule has 0 atom stereocenters. The van der Waals surface area contributed by atoms with Crippen LogP contribution in [0.2, 0.25) is 0 Å². The fourth-order valence-corrected chi connectivity index (χ4v) is 2.63. The molecule has 0 aliphatic heterocycles. The van der Waals surface area contributed by atoms with Crippen LogP contribution in [-0.4, -0.2) is 30.3 Å². The van der Waals surface area contributed by atoms with Gasteiger partial charge in [0.2, 0.25) is 5.82 Å². The molecule has 0 aliphatic carbocycles. The van der Waals surface area contributed by atoms with Crippen LogP contribution in [0.25, 0.3) is 11.4 Å². The SMILES string of the molecule is COC(=O)c1ccc(OCc2nc(-c3cccc(Br)c3)no2)c(OC)c1. The molecule has 8 heteroatoms. The number of hydrogen-bond donors (Lipinski definition) is 0. The average Bonchev–Trinajstić information content (AvgIpc) is 3.14. The summed E-state index contributed by atoms with van der Waals surface area (Å²) in [5.74, 6) is 1.18. The molecule has 1 aromatic heterocycles. The van der Waals surface area contributed by atoms with Crippen LogP contribution in [0, 0.1) is 0 Å². The maximum absolute atomic E-state index is 11.6. The minimum absolute atomic E-state index is 0.0644. The first-order valence-corrected chi connectivity index (χ1v) is 8.37. The number of esters is 1. The first kappa shape index (κ1) is 17.9. The summed E-state index contributed by atoms with van der Waals surface area (Å²) in [7, 11) is 2.80. The molecule has 0 saturated heterocycles. The minimum Gasteiger partial charge on any atom is -0.493 e. The first-order valence-electron chi connectivity index (χ1n) is 7.58. The largest absolute Gasteiger partial charge is 0.493 e. The number of nitrogens with zero attached hydrogens (tertiary/aromatic N) is 2. The lowest BCUT2D eigenvalue weighted by Gasteiger charge is -2.10. The van der Waals surface area contributed by atoms with Crippen molar-refractivity contribution < 1.29 is 23.5 Å². The van der Waals surface area contributed by atoms with E-state index in [0.29, 0.717) is 28.8 Å². The molecule has 0 spiro atoms. The number of aromatic nitrogens is 2. The Labute approximate surface area is 158 Å². The molecular weight excluding hydrogens is 404 g/mol. The highest BCUT2D eigenvalue weighted by Gasteiger charge is 2.14. The summed E-state index contributed by atoms with van der Waals surface area (Å²) in [6.07, 6.45) is 0. The number of halogens is 1. The zero-order valence-corrected chi connectivity index (χ0v) is 15.6. The quantitative estimate of drug-likeness (QED) is 0.561. The number of methoxy groups -OCH3 is 2. The van der Waals surface area contributed by atoms with Crippen LogP contribution in [0.15, 0.2) is 51.5 Å². The molecule has 3 aromatic rings. The molecule has 134 valence electrons. The summed E-state index contributed by atoms with van der Waals surface area (Å²) >= 11 is 3.41. The smallest absolute Gasteiger partial charge is 0.337 e. The van der Waals surface area contributed by atoms with Crippen molar-refractivity contribution in [3.05, 3.63) is 58.4 Å². The molecule has 1 heterocycles. The Kier molecular flexibility index (Phi) is 5.52. The summed E-state index contributed by atoms with van der Waals surface area (Å²) in [5.41, 5.74) is 1.20. The number of benzene rings is 2. The molecule has 0 fully saturated rings. The molecule has 0 amide bonds. The van der Waals surface area contributed by atoms with Crippen LogP contribution in [0.3, 0.4) is 0 Å². The van der Waals surface area contributed by atoms with Gasteiger partial charge in [0.05, 0.1) is 19.8 Å². The number of hydrogen-bond acceptors (Lipinski definition) is 7. The van der Waals surface area contributed by atoms with E-state index in [1.54, 1.807) is 18.2 Å². The van der Waals surface area contributed by atoms with Crippen molar-refractivity contribution in [2.45, 2.75) is 6.61 Å². The van der Waals surface area contributed by atoms with E-state index in [4.69, 9.17) is 14.0 Å². The van der Waals surface area contributed by atoms with Gasteiger partial charge in [-0.1, -0.05) is 33.2 Å². The second kappa shape index (κ2) is 8.01. The van der Waals surface area contributed by atoms with E-state index in [1.165, 1.54) is 14.2 Å². The highest BCUT2D eigenvalue weighted by Crippen LogP contribution is 2.29. The second-order valence-corrected chi connectivity index (χ2v) is 6.08.